The van der Waals surface area contributed by atoms with E-state index in [1.807, 2.05) is 13.0 Å². The number of carbonyl (C=O) groups is 1. The number of fused-ring (bicyclic) bond motifs is 1. The zero-order valence-electron chi connectivity index (χ0n) is 16.1. The summed E-state index contributed by atoms with van der Waals surface area (Å²) in [6, 6.07) is 12.0. The van der Waals surface area contributed by atoms with Crippen molar-refractivity contribution in [2.45, 2.75) is 32.7 Å². The van der Waals surface area contributed by atoms with Crippen LogP contribution in [0, 0.1) is 18.3 Å². The Labute approximate surface area is 160 Å². The van der Waals surface area contributed by atoms with Crippen molar-refractivity contribution in [1.82, 2.24) is 9.47 Å². The number of amides is 1. The van der Waals surface area contributed by atoms with Gasteiger partial charge in [-0.25, -0.2) is 0 Å². The number of nitrogens with one attached hydrogen (secondary N) is 1. The molecule has 2 aromatic rings. The molecule has 0 spiro atoms. The van der Waals surface area contributed by atoms with Gasteiger partial charge in [0.1, 0.15) is 0 Å². The van der Waals surface area contributed by atoms with Gasteiger partial charge in [-0.3, -0.25) is 14.5 Å². The summed E-state index contributed by atoms with van der Waals surface area (Å²) >= 11 is 0. The third-order valence-corrected chi connectivity index (χ3v) is 6.33. The molecule has 0 unspecified atom stereocenters. The lowest BCUT2D eigenvalue weighted by Crippen LogP contribution is -2.40. The number of anilines is 1. The summed E-state index contributed by atoms with van der Waals surface area (Å²) in [7, 11) is 1.71. The molecule has 1 saturated carbocycles. The molecule has 4 rings (SSSR count). The second-order valence-corrected chi connectivity index (χ2v) is 8.17. The van der Waals surface area contributed by atoms with Crippen LogP contribution < -0.4 is 10.9 Å². The molecule has 0 bridgehead atoms. The van der Waals surface area contributed by atoms with E-state index >= 15 is 0 Å². The smallest absolute Gasteiger partial charge is 0.250 e. The van der Waals surface area contributed by atoms with E-state index in [4.69, 9.17) is 0 Å². The predicted molar refractivity (Wildman–Crippen MR) is 107 cm³/mol. The minimum atomic E-state index is -0.310. The molecule has 27 heavy (non-hydrogen) atoms. The molecule has 1 aliphatic carbocycles. The molecule has 142 valence electrons. The molecule has 1 N–H and O–H groups in total. The summed E-state index contributed by atoms with van der Waals surface area (Å²) in [5.41, 5.74) is 2.48. The summed E-state index contributed by atoms with van der Waals surface area (Å²) in [5, 5.41) is 3.14. The number of carbonyl (C=O) groups excluding carboxylic acids is 1. The number of likely N-dealkylation sites (tertiary alicyclic amines) is 1. The lowest BCUT2D eigenvalue weighted by molar-refractivity contribution is -0.126. The molecule has 1 aromatic heterocycles. The van der Waals surface area contributed by atoms with Gasteiger partial charge in [-0.05, 0) is 36.8 Å². The predicted octanol–water partition coefficient (Wildman–Crippen LogP) is 2.93. The molecule has 2 atom stereocenters. The Kier molecular flexibility index (Phi) is 4.64. The number of aromatic nitrogens is 1. The van der Waals surface area contributed by atoms with Crippen LogP contribution in [0.4, 0.5) is 5.69 Å². The average molecular weight is 365 g/mol. The van der Waals surface area contributed by atoms with Gasteiger partial charge in [0.2, 0.25) is 5.91 Å². The molecule has 2 heterocycles. The van der Waals surface area contributed by atoms with E-state index in [0.29, 0.717) is 5.92 Å². The van der Waals surface area contributed by atoms with Gasteiger partial charge in [0.25, 0.3) is 5.56 Å². The Bertz CT molecular complexity index is 906. The zero-order chi connectivity index (χ0) is 19.0. The monoisotopic (exact) mass is 365 g/mol. The highest BCUT2D eigenvalue weighted by molar-refractivity contribution is 5.96. The lowest BCUT2D eigenvalue weighted by Gasteiger charge is -2.28. The third kappa shape index (κ3) is 3.32. The second-order valence-electron chi connectivity index (χ2n) is 8.17. The first-order chi connectivity index (χ1) is 13.0. The first-order valence-electron chi connectivity index (χ1n) is 9.73. The number of benzene rings is 1. The van der Waals surface area contributed by atoms with Crippen LogP contribution in [0.15, 0.2) is 47.4 Å². The molecule has 1 saturated heterocycles. The van der Waals surface area contributed by atoms with Gasteiger partial charge < -0.3 is 9.88 Å². The Morgan fingerprint density at radius 2 is 2.07 bits per heavy atom. The fraction of sp³-hybridized carbons (Fsp3) is 0.455. The van der Waals surface area contributed by atoms with E-state index in [1.165, 1.54) is 10.1 Å². The molecular weight excluding hydrogens is 338 g/mol. The Hall–Kier alpha value is -2.40. The van der Waals surface area contributed by atoms with Crippen LogP contribution in [0.2, 0.25) is 0 Å². The van der Waals surface area contributed by atoms with E-state index in [9.17, 15) is 9.59 Å². The zero-order valence-corrected chi connectivity index (χ0v) is 16.1. The molecule has 0 radical (unpaired) electrons. The van der Waals surface area contributed by atoms with E-state index in [0.717, 1.165) is 50.1 Å². The Morgan fingerprint density at radius 3 is 2.85 bits per heavy atom. The van der Waals surface area contributed by atoms with E-state index < -0.39 is 0 Å². The molecule has 1 amide bonds. The van der Waals surface area contributed by atoms with Crippen molar-refractivity contribution < 1.29 is 4.79 Å². The van der Waals surface area contributed by atoms with Crippen molar-refractivity contribution in [2.75, 3.05) is 18.4 Å². The van der Waals surface area contributed by atoms with Crippen molar-refractivity contribution >= 4 is 11.6 Å². The maximum Gasteiger partial charge on any atom is 0.250 e. The highest BCUT2D eigenvalue weighted by atomic mass is 16.2. The normalized spacial score (nSPS) is 24.7. The first kappa shape index (κ1) is 18.0. The van der Waals surface area contributed by atoms with E-state index in [1.54, 1.807) is 19.3 Å². The molecule has 1 aliphatic heterocycles. The maximum atomic E-state index is 13.3. The van der Waals surface area contributed by atoms with Gasteiger partial charge >= 0.3 is 0 Å². The van der Waals surface area contributed by atoms with Gasteiger partial charge in [0.15, 0.2) is 0 Å². The Balaban J connectivity index is 1.53. The van der Waals surface area contributed by atoms with Gasteiger partial charge in [0.05, 0.1) is 11.1 Å². The summed E-state index contributed by atoms with van der Waals surface area (Å²) < 4.78 is 1.52. The van der Waals surface area contributed by atoms with Gasteiger partial charge in [-0.1, -0.05) is 36.8 Å². The molecule has 2 aliphatic rings. The minimum Gasteiger partial charge on any atom is -0.324 e. The topological polar surface area (TPSA) is 54.3 Å². The summed E-state index contributed by atoms with van der Waals surface area (Å²) in [6.07, 6.45) is 4.90. The largest absolute Gasteiger partial charge is 0.324 e. The fourth-order valence-electron chi connectivity index (χ4n) is 4.83. The van der Waals surface area contributed by atoms with Crippen LogP contribution in [-0.4, -0.2) is 28.5 Å². The van der Waals surface area contributed by atoms with Crippen molar-refractivity contribution in [3.63, 3.8) is 0 Å². The second kappa shape index (κ2) is 6.97. The minimum absolute atomic E-state index is 0.0580. The molecular formula is C22H27N3O2. The average Bonchev–Trinajstić information content (AvgIpc) is 3.18. The van der Waals surface area contributed by atoms with Gasteiger partial charge in [-0.2, -0.15) is 0 Å². The number of nitrogens with zero attached hydrogens (tertiary/aromatic N) is 2. The maximum absolute atomic E-state index is 13.3. The number of hydrogen-bond acceptors (Lipinski definition) is 3. The highest BCUT2D eigenvalue weighted by Crippen LogP contribution is 2.49. The quantitative estimate of drug-likeness (QED) is 0.906. The Morgan fingerprint density at radius 1 is 1.30 bits per heavy atom. The van der Waals surface area contributed by atoms with Gasteiger partial charge in [-0.15, -0.1) is 0 Å². The van der Waals surface area contributed by atoms with Crippen molar-refractivity contribution in [3.05, 3.63) is 64.1 Å². The standard InChI is InChI=1S/C22H27N3O2/c1-16-11-20(26)24(2)14-19(16)23-21(27)22-10-6-9-18(22)13-25(15-22)12-17-7-4-3-5-8-17/h3-5,7-8,11,14,18H,6,9-10,12-13,15H2,1-2H3,(H,23,27)/t18-,22-/m1/s1. The van der Waals surface area contributed by atoms with Crippen LogP contribution in [-0.2, 0) is 18.4 Å². The first-order valence-corrected chi connectivity index (χ1v) is 9.73. The van der Waals surface area contributed by atoms with Crippen LogP contribution in [0.3, 0.4) is 0 Å². The lowest BCUT2D eigenvalue weighted by atomic mass is 9.79. The van der Waals surface area contributed by atoms with Crippen molar-refractivity contribution in [1.29, 1.82) is 0 Å². The third-order valence-electron chi connectivity index (χ3n) is 6.33. The van der Waals surface area contributed by atoms with Crippen LogP contribution in [0.25, 0.3) is 0 Å². The SMILES string of the molecule is Cc1cc(=O)n(C)cc1NC(=O)[C@@]12CCC[C@@H]1CN(Cc1ccccc1)C2. The van der Waals surface area contributed by atoms with Crippen molar-refractivity contribution in [2.24, 2.45) is 18.4 Å². The fourth-order valence-corrected chi connectivity index (χ4v) is 4.83. The van der Waals surface area contributed by atoms with Crippen LogP contribution in [0.5, 0.6) is 0 Å². The van der Waals surface area contributed by atoms with E-state index in [-0.39, 0.29) is 16.9 Å². The van der Waals surface area contributed by atoms with E-state index in [2.05, 4.69) is 34.5 Å². The van der Waals surface area contributed by atoms with Crippen LogP contribution in [0.1, 0.15) is 30.4 Å². The number of rotatable bonds is 4. The summed E-state index contributed by atoms with van der Waals surface area (Å²) in [6.45, 7) is 4.56. The number of aryl methyl sites for hydroxylation is 2. The van der Waals surface area contributed by atoms with Gasteiger partial charge in [0, 0.05) is 38.9 Å². The summed E-state index contributed by atoms with van der Waals surface area (Å²) in [4.78, 5) is 27.5. The van der Waals surface area contributed by atoms with Crippen LogP contribution >= 0.6 is 0 Å². The number of pyridine rings is 1. The summed E-state index contributed by atoms with van der Waals surface area (Å²) in [5.74, 6) is 0.524. The number of hydrogen-bond donors (Lipinski definition) is 1. The molecule has 2 fully saturated rings. The highest BCUT2D eigenvalue weighted by Gasteiger charge is 2.54. The molecule has 5 heteroatoms. The molecule has 1 aromatic carbocycles. The molecule has 5 nitrogen and oxygen atoms in total. The van der Waals surface area contributed by atoms with Crippen molar-refractivity contribution in [3.8, 4) is 0 Å².